The highest BCUT2D eigenvalue weighted by Crippen LogP contribution is 2.51. The van der Waals surface area contributed by atoms with Crippen molar-refractivity contribution in [1.29, 1.82) is 0 Å². The minimum absolute atomic E-state index is 0.674. The maximum absolute atomic E-state index is 5.67. The van der Waals surface area contributed by atoms with E-state index in [0.717, 1.165) is 23.8 Å². The van der Waals surface area contributed by atoms with Crippen LogP contribution in [0, 0.1) is 11.8 Å². The molecule has 1 fully saturated rings. The summed E-state index contributed by atoms with van der Waals surface area (Å²) in [4.78, 5) is 0. The van der Waals surface area contributed by atoms with E-state index in [1.807, 2.05) is 0 Å². The summed E-state index contributed by atoms with van der Waals surface area (Å²) in [5.74, 6) is 3.98. The predicted molar refractivity (Wildman–Crippen MR) is 95.4 cm³/mol. The van der Waals surface area contributed by atoms with Crippen molar-refractivity contribution >= 4 is 0 Å². The van der Waals surface area contributed by atoms with Crippen molar-refractivity contribution < 1.29 is 9.47 Å². The van der Waals surface area contributed by atoms with E-state index in [9.17, 15) is 0 Å². The van der Waals surface area contributed by atoms with Crippen molar-refractivity contribution in [3.8, 4) is 11.5 Å². The highest BCUT2D eigenvalue weighted by Gasteiger charge is 2.37. The van der Waals surface area contributed by atoms with Gasteiger partial charge >= 0.3 is 0 Å². The van der Waals surface area contributed by atoms with Gasteiger partial charge in [-0.2, -0.15) is 0 Å². The molecule has 0 radical (unpaired) electrons. The average molecular weight is 312 g/mol. The van der Waals surface area contributed by atoms with Crippen LogP contribution in [0.25, 0.3) is 0 Å². The molecular formula is C21H28O2. The fourth-order valence-corrected chi connectivity index (χ4v) is 4.58. The van der Waals surface area contributed by atoms with E-state index < -0.39 is 0 Å². The Kier molecular flexibility index (Phi) is 5.09. The normalized spacial score (nSPS) is 27.0. The third-order valence-corrected chi connectivity index (χ3v) is 5.59. The van der Waals surface area contributed by atoms with E-state index in [-0.39, 0.29) is 0 Å². The minimum Gasteiger partial charge on any atom is -0.493 e. The molecule has 2 aliphatic rings. The molecule has 0 spiro atoms. The van der Waals surface area contributed by atoms with Gasteiger partial charge in [0, 0.05) is 5.56 Å². The van der Waals surface area contributed by atoms with Gasteiger partial charge in [0.15, 0.2) is 11.5 Å². The van der Waals surface area contributed by atoms with Gasteiger partial charge in [-0.1, -0.05) is 36.8 Å². The number of rotatable bonds is 4. The first-order valence-electron chi connectivity index (χ1n) is 8.83. The van der Waals surface area contributed by atoms with Gasteiger partial charge in [-0.05, 0) is 62.0 Å². The molecule has 0 heterocycles. The van der Waals surface area contributed by atoms with E-state index in [4.69, 9.17) is 9.47 Å². The third kappa shape index (κ3) is 3.04. The van der Waals surface area contributed by atoms with Crippen molar-refractivity contribution in [2.45, 2.75) is 44.9 Å². The van der Waals surface area contributed by atoms with Gasteiger partial charge in [0.25, 0.3) is 0 Å². The Labute approximate surface area is 140 Å². The Morgan fingerprint density at radius 3 is 2.65 bits per heavy atom. The van der Waals surface area contributed by atoms with Crippen LogP contribution in [-0.4, -0.2) is 14.2 Å². The molecule has 0 saturated heterocycles. The topological polar surface area (TPSA) is 18.5 Å². The summed E-state index contributed by atoms with van der Waals surface area (Å²) in [6.07, 6.45) is 15.2. The summed E-state index contributed by atoms with van der Waals surface area (Å²) in [6, 6.07) is 4.37. The molecule has 3 rings (SSSR count). The number of allylic oxidation sites excluding steroid dienone is 4. The SMILES string of the molecule is C/C=C/C=C/[C@H]1CCC[C@H]2c3ccc(OC)c(OC)c3CC[C@H]12. The molecule has 3 atom stereocenters. The van der Waals surface area contributed by atoms with Crippen LogP contribution in [0.2, 0.25) is 0 Å². The molecule has 0 bridgehead atoms. The summed E-state index contributed by atoms with van der Waals surface area (Å²) in [7, 11) is 3.48. The summed E-state index contributed by atoms with van der Waals surface area (Å²) < 4.78 is 11.2. The van der Waals surface area contributed by atoms with Crippen molar-refractivity contribution in [3.05, 3.63) is 47.6 Å². The van der Waals surface area contributed by atoms with Gasteiger partial charge in [0.2, 0.25) is 0 Å². The first-order chi connectivity index (χ1) is 11.3. The van der Waals surface area contributed by atoms with Crippen LogP contribution in [-0.2, 0) is 6.42 Å². The van der Waals surface area contributed by atoms with Gasteiger partial charge in [0.1, 0.15) is 0 Å². The molecule has 2 heteroatoms. The lowest BCUT2D eigenvalue weighted by molar-refractivity contribution is 0.214. The zero-order valence-electron chi connectivity index (χ0n) is 14.5. The molecule has 1 aromatic rings. The van der Waals surface area contributed by atoms with Gasteiger partial charge in [-0.15, -0.1) is 0 Å². The van der Waals surface area contributed by atoms with Gasteiger partial charge in [0.05, 0.1) is 14.2 Å². The Hall–Kier alpha value is -1.70. The van der Waals surface area contributed by atoms with Gasteiger partial charge < -0.3 is 9.47 Å². The minimum atomic E-state index is 0.674. The fourth-order valence-electron chi connectivity index (χ4n) is 4.58. The Morgan fingerprint density at radius 1 is 1.04 bits per heavy atom. The maximum atomic E-state index is 5.67. The molecule has 2 nitrogen and oxygen atoms in total. The highest BCUT2D eigenvalue weighted by atomic mass is 16.5. The molecular weight excluding hydrogens is 284 g/mol. The Balaban J connectivity index is 1.92. The molecule has 0 amide bonds. The predicted octanol–water partition coefficient (Wildman–Crippen LogP) is 5.28. The van der Waals surface area contributed by atoms with Gasteiger partial charge in [-0.25, -0.2) is 0 Å². The second kappa shape index (κ2) is 7.25. The molecule has 0 aliphatic heterocycles. The number of hydrogen-bond acceptors (Lipinski definition) is 2. The van der Waals surface area contributed by atoms with Crippen molar-refractivity contribution in [1.82, 2.24) is 0 Å². The number of methoxy groups -OCH3 is 2. The molecule has 0 aromatic heterocycles. The van der Waals surface area contributed by atoms with E-state index in [0.29, 0.717) is 11.8 Å². The quantitative estimate of drug-likeness (QED) is 0.704. The van der Waals surface area contributed by atoms with Crippen LogP contribution in [0.1, 0.15) is 49.7 Å². The molecule has 1 saturated carbocycles. The first kappa shape index (κ1) is 16.2. The summed E-state index contributed by atoms with van der Waals surface area (Å²) >= 11 is 0. The van der Waals surface area contributed by atoms with Crippen molar-refractivity contribution in [2.24, 2.45) is 11.8 Å². The third-order valence-electron chi connectivity index (χ3n) is 5.59. The first-order valence-corrected chi connectivity index (χ1v) is 8.83. The van der Waals surface area contributed by atoms with Crippen LogP contribution in [0.5, 0.6) is 11.5 Å². The lowest BCUT2D eigenvalue weighted by Gasteiger charge is -2.42. The molecule has 1 aromatic carbocycles. The van der Waals surface area contributed by atoms with Crippen LogP contribution >= 0.6 is 0 Å². The lowest BCUT2D eigenvalue weighted by atomic mass is 9.63. The molecule has 0 unspecified atom stereocenters. The standard InChI is InChI=1S/C21H28O2/c1-4-5-6-8-15-9-7-10-17-16(15)11-12-19-18(17)13-14-20(22-2)21(19)23-3/h4-6,8,13-17H,7,9-12H2,1-3H3/b5-4+,8-6+/t15-,16+,17+/m0/s1. The molecule has 2 aliphatic carbocycles. The van der Waals surface area contributed by atoms with E-state index in [2.05, 4.69) is 43.4 Å². The second-order valence-electron chi connectivity index (χ2n) is 6.68. The number of benzene rings is 1. The zero-order chi connectivity index (χ0) is 16.2. The summed E-state index contributed by atoms with van der Waals surface area (Å²) in [5, 5.41) is 0. The van der Waals surface area contributed by atoms with Gasteiger partial charge in [-0.3, -0.25) is 0 Å². The monoisotopic (exact) mass is 312 g/mol. The molecule has 124 valence electrons. The summed E-state index contributed by atoms with van der Waals surface area (Å²) in [5.41, 5.74) is 2.88. The molecule has 23 heavy (non-hydrogen) atoms. The average Bonchev–Trinajstić information content (AvgIpc) is 2.60. The second-order valence-corrected chi connectivity index (χ2v) is 6.68. The van der Waals surface area contributed by atoms with Crippen LogP contribution in [0.15, 0.2) is 36.4 Å². The van der Waals surface area contributed by atoms with Crippen LogP contribution in [0.3, 0.4) is 0 Å². The Bertz CT molecular complexity index is 600. The summed E-state index contributed by atoms with van der Waals surface area (Å²) in [6.45, 7) is 2.07. The smallest absolute Gasteiger partial charge is 0.164 e. The van der Waals surface area contributed by atoms with E-state index in [1.54, 1.807) is 14.2 Å². The van der Waals surface area contributed by atoms with E-state index in [1.165, 1.54) is 36.8 Å². The van der Waals surface area contributed by atoms with Crippen molar-refractivity contribution in [2.75, 3.05) is 14.2 Å². The number of hydrogen-bond donors (Lipinski definition) is 0. The Morgan fingerprint density at radius 2 is 1.91 bits per heavy atom. The highest BCUT2D eigenvalue weighted by molar-refractivity contribution is 5.53. The number of ether oxygens (including phenoxy) is 2. The fraction of sp³-hybridized carbons (Fsp3) is 0.524. The zero-order valence-corrected chi connectivity index (χ0v) is 14.5. The number of fused-ring (bicyclic) bond motifs is 3. The lowest BCUT2D eigenvalue weighted by Crippen LogP contribution is -2.30. The van der Waals surface area contributed by atoms with Crippen molar-refractivity contribution in [3.63, 3.8) is 0 Å². The van der Waals surface area contributed by atoms with Crippen LogP contribution < -0.4 is 9.47 Å². The largest absolute Gasteiger partial charge is 0.493 e. The molecule has 0 N–H and O–H groups in total. The van der Waals surface area contributed by atoms with E-state index >= 15 is 0 Å². The van der Waals surface area contributed by atoms with Crippen LogP contribution in [0.4, 0.5) is 0 Å². The maximum Gasteiger partial charge on any atom is 0.164 e.